The van der Waals surface area contributed by atoms with Crippen molar-refractivity contribution in [2.45, 2.75) is 18.9 Å². The van der Waals surface area contributed by atoms with Crippen LogP contribution in [0.25, 0.3) is 0 Å². The molecule has 1 aliphatic rings. The zero-order chi connectivity index (χ0) is 9.26. The standard InChI is InChI=1S/C9H16N4/c1-13-5-4-11-9(13)12-6-8(10)7-2-3-7/h4-5,7-8H,2-3,6,10H2,1H3,(H,11,12). The Labute approximate surface area is 78.1 Å². The van der Waals surface area contributed by atoms with E-state index in [0.29, 0.717) is 0 Å². The number of hydrogen-bond donors (Lipinski definition) is 2. The summed E-state index contributed by atoms with van der Waals surface area (Å²) in [5.74, 6) is 1.64. The Morgan fingerprint density at radius 1 is 1.77 bits per heavy atom. The van der Waals surface area contributed by atoms with Crippen molar-refractivity contribution in [1.82, 2.24) is 9.55 Å². The number of rotatable bonds is 4. The molecule has 1 unspecified atom stereocenters. The van der Waals surface area contributed by atoms with Gasteiger partial charge in [-0.1, -0.05) is 0 Å². The maximum absolute atomic E-state index is 5.95. The minimum absolute atomic E-state index is 0.289. The van der Waals surface area contributed by atoms with Crippen LogP contribution in [0.5, 0.6) is 0 Å². The van der Waals surface area contributed by atoms with Gasteiger partial charge in [-0.05, 0) is 18.8 Å². The second-order valence-corrected chi connectivity index (χ2v) is 3.74. The van der Waals surface area contributed by atoms with Crippen LogP contribution in [0.3, 0.4) is 0 Å². The number of nitrogens with one attached hydrogen (secondary N) is 1. The van der Waals surface area contributed by atoms with E-state index in [0.717, 1.165) is 18.4 Å². The van der Waals surface area contributed by atoms with E-state index in [1.54, 1.807) is 6.20 Å². The van der Waals surface area contributed by atoms with Crippen molar-refractivity contribution in [1.29, 1.82) is 0 Å². The van der Waals surface area contributed by atoms with Gasteiger partial charge in [-0.3, -0.25) is 0 Å². The van der Waals surface area contributed by atoms with E-state index in [1.165, 1.54) is 12.8 Å². The summed E-state index contributed by atoms with van der Waals surface area (Å²) in [7, 11) is 1.97. The lowest BCUT2D eigenvalue weighted by Gasteiger charge is -2.11. The molecule has 0 aromatic carbocycles. The molecule has 2 rings (SSSR count). The topological polar surface area (TPSA) is 55.9 Å². The first kappa shape index (κ1) is 8.56. The van der Waals surface area contributed by atoms with Crippen molar-refractivity contribution >= 4 is 5.95 Å². The molecule has 4 nitrogen and oxygen atoms in total. The van der Waals surface area contributed by atoms with Crippen molar-refractivity contribution in [3.8, 4) is 0 Å². The van der Waals surface area contributed by atoms with Gasteiger partial charge in [0, 0.05) is 32.0 Å². The second-order valence-electron chi connectivity index (χ2n) is 3.74. The van der Waals surface area contributed by atoms with Gasteiger partial charge in [0.1, 0.15) is 0 Å². The quantitative estimate of drug-likeness (QED) is 0.712. The van der Waals surface area contributed by atoms with Gasteiger partial charge in [0.25, 0.3) is 0 Å². The molecular weight excluding hydrogens is 164 g/mol. The number of nitrogens with two attached hydrogens (primary N) is 1. The highest BCUT2D eigenvalue weighted by Gasteiger charge is 2.28. The van der Waals surface area contributed by atoms with Crippen molar-refractivity contribution in [3.05, 3.63) is 12.4 Å². The zero-order valence-corrected chi connectivity index (χ0v) is 7.90. The second kappa shape index (κ2) is 3.38. The molecule has 1 aromatic rings. The van der Waals surface area contributed by atoms with E-state index >= 15 is 0 Å². The summed E-state index contributed by atoms with van der Waals surface area (Å²) in [5.41, 5.74) is 5.95. The molecule has 0 aliphatic heterocycles. The molecule has 1 aromatic heterocycles. The smallest absolute Gasteiger partial charge is 0.202 e. The minimum atomic E-state index is 0.289. The number of anilines is 1. The SMILES string of the molecule is Cn1ccnc1NCC(N)C1CC1. The van der Waals surface area contributed by atoms with Crippen LogP contribution in [-0.4, -0.2) is 22.1 Å². The van der Waals surface area contributed by atoms with Crippen LogP contribution in [0.2, 0.25) is 0 Å². The Hall–Kier alpha value is -1.03. The lowest BCUT2D eigenvalue weighted by molar-refractivity contribution is 0.617. The third kappa shape index (κ3) is 2.01. The Morgan fingerprint density at radius 3 is 3.08 bits per heavy atom. The monoisotopic (exact) mass is 180 g/mol. The lowest BCUT2D eigenvalue weighted by Crippen LogP contribution is -2.31. The average Bonchev–Trinajstić information content (AvgIpc) is 2.88. The van der Waals surface area contributed by atoms with Crippen molar-refractivity contribution in [2.75, 3.05) is 11.9 Å². The van der Waals surface area contributed by atoms with E-state index in [-0.39, 0.29) is 6.04 Å². The number of imidazole rings is 1. The average molecular weight is 180 g/mol. The molecule has 1 fully saturated rings. The van der Waals surface area contributed by atoms with Crippen LogP contribution < -0.4 is 11.1 Å². The van der Waals surface area contributed by atoms with Gasteiger partial charge in [-0.15, -0.1) is 0 Å². The first-order valence-corrected chi connectivity index (χ1v) is 4.74. The Bertz CT molecular complexity index is 277. The van der Waals surface area contributed by atoms with E-state index in [1.807, 2.05) is 17.8 Å². The summed E-state index contributed by atoms with van der Waals surface area (Å²) in [5, 5.41) is 3.24. The molecule has 13 heavy (non-hydrogen) atoms. The van der Waals surface area contributed by atoms with E-state index < -0.39 is 0 Å². The van der Waals surface area contributed by atoms with Gasteiger partial charge in [-0.25, -0.2) is 4.98 Å². The highest BCUT2D eigenvalue weighted by molar-refractivity contribution is 5.25. The predicted octanol–water partition coefficient (Wildman–Crippen LogP) is 0.569. The van der Waals surface area contributed by atoms with Crippen LogP contribution in [0, 0.1) is 5.92 Å². The first-order valence-electron chi connectivity index (χ1n) is 4.74. The third-order valence-corrected chi connectivity index (χ3v) is 2.54. The fourth-order valence-electron chi connectivity index (χ4n) is 1.44. The van der Waals surface area contributed by atoms with E-state index in [2.05, 4.69) is 10.3 Å². The van der Waals surface area contributed by atoms with Crippen LogP contribution in [0.15, 0.2) is 12.4 Å². The predicted molar refractivity (Wildman–Crippen MR) is 52.4 cm³/mol. The van der Waals surface area contributed by atoms with Gasteiger partial charge < -0.3 is 15.6 Å². The van der Waals surface area contributed by atoms with E-state index in [4.69, 9.17) is 5.73 Å². The lowest BCUT2D eigenvalue weighted by atomic mass is 10.2. The zero-order valence-electron chi connectivity index (χ0n) is 7.90. The van der Waals surface area contributed by atoms with Crippen LogP contribution in [0.4, 0.5) is 5.95 Å². The Kier molecular flexibility index (Phi) is 2.22. The molecule has 0 bridgehead atoms. The fourth-order valence-corrected chi connectivity index (χ4v) is 1.44. The highest BCUT2D eigenvalue weighted by Crippen LogP contribution is 2.31. The molecule has 0 radical (unpaired) electrons. The maximum Gasteiger partial charge on any atom is 0.202 e. The normalized spacial score (nSPS) is 18.6. The fraction of sp³-hybridized carbons (Fsp3) is 0.667. The number of nitrogens with zero attached hydrogens (tertiary/aromatic N) is 2. The molecule has 72 valence electrons. The molecule has 1 atom stereocenters. The summed E-state index contributed by atoms with van der Waals surface area (Å²) >= 11 is 0. The van der Waals surface area contributed by atoms with Gasteiger partial charge in [0.2, 0.25) is 5.95 Å². The summed E-state index contributed by atoms with van der Waals surface area (Å²) in [6.07, 6.45) is 6.29. The third-order valence-electron chi connectivity index (χ3n) is 2.54. The van der Waals surface area contributed by atoms with Gasteiger partial charge in [0.05, 0.1) is 0 Å². The molecule has 3 N–H and O–H groups in total. The summed E-state index contributed by atoms with van der Waals surface area (Å²) < 4.78 is 1.96. The summed E-state index contributed by atoms with van der Waals surface area (Å²) in [4.78, 5) is 4.16. The summed E-state index contributed by atoms with van der Waals surface area (Å²) in [6, 6.07) is 0.289. The Balaban J connectivity index is 1.81. The van der Waals surface area contributed by atoms with Crippen LogP contribution in [-0.2, 0) is 7.05 Å². The number of aryl methyl sites for hydroxylation is 1. The molecule has 1 saturated carbocycles. The van der Waals surface area contributed by atoms with E-state index in [9.17, 15) is 0 Å². The van der Waals surface area contributed by atoms with Crippen molar-refractivity contribution in [2.24, 2.45) is 18.7 Å². The minimum Gasteiger partial charge on any atom is -0.354 e. The molecule has 1 heterocycles. The van der Waals surface area contributed by atoms with Crippen LogP contribution in [0.1, 0.15) is 12.8 Å². The molecular formula is C9H16N4. The van der Waals surface area contributed by atoms with Crippen LogP contribution >= 0.6 is 0 Å². The van der Waals surface area contributed by atoms with Crippen molar-refractivity contribution in [3.63, 3.8) is 0 Å². The van der Waals surface area contributed by atoms with Gasteiger partial charge in [0.15, 0.2) is 0 Å². The molecule has 0 amide bonds. The molecule has 0 spiro atoms. The molecule has 4 heteroatoms. The summed E-state index contributed by atoms with van der Waals surface area (Å²) in [6.45, 7) is 0.829. The highest BCUT2D eigenvalue weighted by atomic mass is 15.2. The maximum atomic E-state index is 5.95. The number of hydrogen-bond acceptors (Lipinski definition) is 3. The Morgan fingerprint density at radius 2 is 2.54 bits per heavy atom. The largest absolute Gasteiger partial charge is 0.354 e. The van der Waals surface area contributed by atoms with Gasteiger partial charge in [-0.2, -0.15) is 0 Å². The molecule has 1 aliphatic carbocycles. The van der Waals surface area contributed by atoms with Gasteiger partial charge >= 0.3 is 0 Å². The number of aromatic nitrogens is 2. The molecule has 0 saturated heterocycles. The van der Waals surface area contributed by atoms with Crippen molar-refractivity contribution < 1.29 is 0 Å². The first-order chi connectivity index (χ1) is 6.27.